The van der Waals surface area contributed by atoms with Gasteiger partial charge in [-0.3, -0.25) is 0 Å². The summed E-state index contributed by atoms with van der Waals surface area (Å²) < 4.78 is 5.91. The lowest BCUT2D eigenvalue weighted by Crippen LogP contribution is -2.08. The fourth-order valence-corrected chi connectivity index (χ4v) is 2.12. The van der Waals surface area contributed by atoms with Gasteiger partial charge < -0.3 is 10.5 Å². The molecule has 0 saturated carbocycles. The van der Waals surface area contributed by atoms with Crippen molar-refractivity contribution in [1.29, 1.82) is 0 Å². The third-order valence-electron chi connectivity index (χ3n) is 3.85. The normalized spacial score (nSPS) is 12.2. The lowest BCUT2D eigenvalue weighted by atomic mass is 10.0. The Bertz CT molecular complexity index is 560. The molecule has 0 heterocycles. The summed E-state index contributed by atoms with van der Waals surface area (Å²) in [4.78, 5) is 0. The van der Waals surface area contributed by atoms with Crippen LogP contribution >= 0.6 is 0 Å². The molecule has 0 aliphatic heterocycles. The number of hydrogen-bond donors (Lipinski definition) is 1. The second-order valence-corrected chi connectivity index (χ2v) is 5.37. The van der Waals surface area contributed by atoms with Gasteiger partial charge >= 0.3 is 0 Å². The molecule has 0 amide bonds. The minimum absolute atomic E-state index is 0.406. The first kappa shape index (κ1) is 14.6. The molecule has 0 aromatic heterocycles. The molecule has 0 spiro atoms. The van der Waals surface area contributed by atoms with E-state index >= 15 is 0 Å². The molecule has 0 aliphatic carbocycles. The van der Waals surface area contributed by atoms with E-state index in [-0.39, 0.29) is 0 Å². The van der Waals surface area contributed by atoms with Crippen molar-refractivity contribution in [3.63, 3.8) is 0 Å². The predicted molar refractivity (Wildman–Crippen MR) is 84.2 cm³/mol. The molecule has 2 nitrogen and oxygen atoms in total. The molecule has 0 aliphatic rings. The van der Waals surface area contributed by atoms with E-state index in [0.717, 1.165) is 5.75 Å². The molecular weight excluding hydrogens is 246 g/mol. The molecule has 1 atom stereocenters. The Kier molecular flexibility index (Phi) is 4.80. The van der Waals surface area contributed by atoms with Gasteiger partial charge in [0.05, 0.1) is 0 Å². The van der Waals surface area contributed by atoms with E-state index in [1.54, 1.807) is 0 Å². The second-order valence-electron chi connectivity index (χ2n) is 5.37. The minimum Gasteiger partial charge on any atom is -0.489 e. The van der Waals surface area contributed by atoms with Gasteiger partial charge in [0.15, 0.2) is 0 Å². The summed E-state index contributed by atoms with van der Waals surface area (Å²) in [6, 6.07) is 14.7. The van der Waals surface area contributed by atoms with Crippen molar-refractivity contribution in [1.82, 2.24) is 0 Å². The van der Waals surface area contributed by atoms with E-state index in [2.05, 4.69) is 51.1 Å². The summed E-state index contributed by atoms with van der Waals surface area (Å²) in [6.07, 6.45) is 0. The van der Waals surface area contributed by atoms with Crippen LogP contribution in [0, 0.1) is 13.8 Å². The Morgan fingerprint density at radius 3 is 2.40 bits per heavy atom. The third-order valence-corrected chi connectivity index (χ3v) is 3.85. The van der Waals surface area contributed by atoms with Crippen LogP contribution < -0.4 is 10.5 Å². The maximum atomic E-state index is 5.91. The molecule has 2 N–H and O–H groups in total. The van der Waals surface area contributed by atoms with Gasteiger partial charge in [0.2, 0.25) is 0 Å². The number of hydrogen-bond acceptors (Lipinski definition) is 2. The fraction of sp³-hybridized carbons (Fsp3) is 0.333. The van der Waals surface area contributed by atoms with Crippen LogP contribution in [0.5, 0.6) is 5.75 Å². The largest absolute Gasteiger partial charge is 0.489 e. The number of ether oxygens (including phenoxy) is 1. The molecule has 2 aromatic carbocycles. The minimum atomic E-state index is 0.406. The molecule has 2 rings (SSSR count). The maximum Gasteiger partial charge on any atom is 0.122 e. The molecule has 0 radical (unpaired) electrons. The zero-order valence-corrected chi connectivity index (χ0v) is 12.5. The van der Waals surface area contributed by atoms with Crippen LogP contribution in [0.4, 0.5) is 0 Å². The van der Waals surface area contributed by atoms with Crippen LogP contribution in [0.15, 0.2) is 42.5 Å². The van der Waals surface area contributed by atoms with Crippen LogP contribution in [-0.2, 0) is 6.61 Å². The maximum absolute atomic E-state index is 5.91. The highest BCUT2D eigenvalue weighted by molar-refractivity contribution is 5.38. The molecule has 0 saturated heterocycles. The van der Waals surface area contributed by atoms with Gasteiger partial charge in [-0.15, -0.1) is 0 Å². The highest BCUT2D eigenvalue weighted by atomic mass is 16.5. The van der Waals surface area contributed by atoms with E-state index in [1.165, 1.54) is 22.3 Å². The zero-order chi connectivity index (χ0) is 14.5. The molecule has 1 unspecified atom stereocenters. The molecule has 20 heavy (non-hydrogen) atoms. The van der Waals surface area contributed by atoms with Gasteiger partial charge in [-0.25, -0.2) is 0 Å². The van der Waals surface area contributed by atoms with Gasteiger partial charge in [-0.2, -0.15) is 0 Å². The monoisotopic (exact) mass is 269 g/mol. The molecule has 2 aromatic rings. The Morgan fingerprint density at radius 1 is 1.05 bits per heavy atom. The quantitative estimate of drug-likeness (QED) is 0.892. The number of nitrogens with two attached hydrogens (primary N) is 1. The summed E-state index contributed by atoms with van der Waals surface area (Å²) >= 11 is 0. The van der Waals surface area contributed by atoms with Crippen LogP contribution in [0.1, 0.15) is 35.1 Å². The summed E-state index contributed by atoms with van der Waals surface area (Å²) in [7, 11) is 0. The summed E-state index contributed by atoms with van der Waals surface area (Å²) in [5, 5.41) is 0. The average molecular weight is 269 g/mol. The molecule has 2 heteroatoms. The Morgan fingerprint density at radius 2 is 1.75 bits per heavy atom. The Labute approximate surface area is 121 Å². The standard InChI is InChI=1S/C18H23NO/c1-13-5-4-6-18(15(13)3)20-12-16-7-9-17(10-8-16)14(2)11-19/h4-10,14H,11-12,19H2,1-3H3. The lowest BCUT2D eigenvalue weighted by Gasteiger charge is -2.12. The second kappa shape index (κ2) is 6.58. The van der Waals surface area contributed by atoms with Gasteiger partial charge in [0.25, 0.3) is 0 Å². The van der Waals surface area contributed by atoms with Crippen molar-refractivity contribution in [2.45, 2.75) is 33.3 Å². The van der Waals surface area contributed by atoms with Gasteiger partial charge in [0.1, 0.15) is 12.4 Å². The molecular formula is C18H23NO. The fourth-order valence-electron chi connectivity index (χ4n) is 2.12. The molecule has 0 fully saturated rings. The van der Waals surface area contributed by atoms with Crippen molar-refractivity contribution in [3.8, 4) is 5.75 Å². The third kappa shape index (κ3) is 3.40. The number of aryl methyl sites for hydroxylation is 1. The first-order valence-corrected chi connectivity index (χ1v) is 7.09. The number of rotatable bonds is 5. The van der Waals surface area contributed by atoms with Crippen LogP contribution in [0.3, 0.4) is 0 Å². The van der Waals surface area contributed by atoms with Gasteiger partial charge in [-0.05, 0) is 54.6 Å². The topological polar surface area (TPSA) is 35.2 Å². The van der Waals surface area contributed by atoms with E-state index in [9.17, 15) is 0 Å². The Hall–Kier alpha value is -1.80. The van der Waals surface area contributed by atoms with E-state index < -0.39 is 0 Å². The summed E-state index contributed by atoms with van der Waals surface area (Å²) in [6.45, 7) is 7.61. The van der Waals surface area contributed by atoms with Gasteiger partial charge in [0, 0.05) is 0 Å². The zero-order valence-electron chi connectivity index (χ0n) is 12.5. The molecule has 106 valence electrons. The van der Waals surface area contributed by atoms with Crippen LogP contribution in [-0.4, -0.2) is 6.54 Å². The van der Waals surface area contributed by atoms with Crippen LogP contribution in [0.25, 0.3) is 0 Å². The van der Waals surface area contributed by atoms with Crippen molar-refractivity contribution >= 4 is 0 Å². The lowest BCUT2D eigenvalue weighted by molar-refractivity contribution is 0.304. The highest BCUT2D eigenvalue weighted by Crippen LogP contribution is 2.22. The van der Waals surface area contributed by atoms with Crippen molar-refractivity contribution in [2.75, 3.05) is 6.54 Å². The van der Waals surface area contributed by atoms with E-state index in [0.29, 0.717) is 19.1 Å². The average Bonchev–Trinajstić information content (AvgIpc) is 2.48. The Balaban J connectivity index is 2.02. The van der Waals surface area contributed by atoms with Gasteiger partial charge in [-0.1, -0.05) is 43.3 Å². The van der Waals surface area contributed by atoms with E-state index in [1.807, 2.05) is 12.1 Å². The smallest absolute Gasteiger partial charge is 0.122 e. The van der Waals surface area contributed by atoms with Crippen molar-refractivity contribution in [3.05, 3.63) is 64.7 Å². The van der Waals surface area contributed by atoms with Crippen molar-refractivity contribution < 1.29 is 4.74 Å². The van der Waals surface area contributed by atoms with E-state index in [4.69, 9.17) is 10.5 Å². The van der Waals surface area contributed by atoms with Crippen LogP contribution in [0.2, 0.25) is 0 Å². The SMILES string of the molecule is Cc1cccc(OCc2ccc(C(C)CN)cc2)c1C. The first-order valence-electron chi connectivity index (χ1n) is 7.09. The first-order chi connectivity index (χ1) is 9.61. The number of benzene rings is 2. The summed E-state index contributed by atoms with van der Waals surface area (Å²) in [5.41, 5.74) is 10.6. The predicted octanol–water partition coefficient (Wildman–Crippen LogP) is 3.94. The highest BCUT2D eigenvalue weighted by Gasteiger charge is 2.04. The summed E-state index contributed by atoms with van der Waals surface area (Å²) in [5.74, 6) is 1.37. The molecule has 0 bridgehead atoms. The van der Waals surface area contributed by atoms with Crippen molar-refractivity contribution in [2.24, 2.45) is 5.73 Å².